The van der Waals surface area contributed by atoms with E-state index in [-0.39, 0.29) is 24.4 Å². The van der Waals surface area contributed by atoms with E-state index in [2.05, 4.69) is 10.3 Å². The monoisotopic (exact) mass is 479 g/mol. The molecule has 2 saturated heterocycles. The van der Waals surface area contributed by atoms with Crippen LogP contribution in [-0.4, -0.2) is 59.5 Å². The lowest BCUT2D eigenvalue weighted by Crippen LogP contribution is -2.52. The van der Waals surface area contributed by atoms with Crippen molar-refractivity contribution in [1.82, 2.24) is 15.2 Å². The summed E-state index contributed by atoms with van der Waals surface area (Å²) in [5.74, 6) is -0.549. The minimum Gasteiger partial charge on any atom is -0.373 e. The molecule has 0 radical (unpaired) electrons. The molecule has 2 aliphatic heterocycles. The van der Waals surface area contributed by atoms with Crippen LogP contribution in [0.15, 0.2) is 48.8 Å². The Hall–Kier alpha value is -2.52. The van der Waals surface area contributed by atoms with Gasteiger partial charge in [0.15, 0.2) is 0 Å². The third-order valence-corrected chi connectivity index (χ3v) is 6.45. The number of alkyl halides is 4. The lowest BCUT2D eigenvalue weighted by molar-refractivity contribution is -0.162. The van der Waals surface area contributed by atoms with Crippen LogP contribution in [-0.2, 0) is 9.53 Å². The molecule has 4 rings (SSSR count). The van der Waals surface area contributed by atoms with E-state index in [4.69, 9.17) is 4.74 Å². The van der Waals surface area contributed by atoms with Crippen LogP contribution >= 0.6 is 0 Å². The maximum atomic E-state index is 14.4. The maximum absolute atomic E-state index is 14.4. The first-order valence-electron chi connectivity index (χ1n) is 11.5. The van der Waals surface area contributed by atoms with E-state index < -0.39 is 42.5 Å². The highest BCUT2D eigenvalue weighted by Gasteiger charge is 2.50. The molecule has 0 spiro atoms. The Kier molecular flexibility index (Phi) is 7.23. The van der Waals surface area contributed by atoms with Crippen LogP contribution in [0.3, 0.4) is 0 Å². The molecule has 34 heavy (non-hydrogen) atoms. The number of nitrogens with zero attached hydrogens (tertiary/aromatic N) is 2. The molecule has 2 fully saturated rings. The molecule has 5 atom stereocenters. The van der Waals surface area contributed by atoms with Gasteiger partial charge in [-0.15, -0.1) is 0 Å². The number of likely N-dealkylation sites (tertiary alicyclic amines) is 1. The van der Waals surface area contributed by atoms with E-state index in [1.54, 1.807) is 36.7 Å². The molecule has 2 aliphatic rings. The summed E-state index contributed by atoms with van der Waals surface area (Å²) >= 11 is 0. The molecule has 0 bridgehead atoms. The summed E-state index contributed by atoms with van der Waals surface area (Å²) in [6, 6.07) is 6.03. The number of aromatic nitrogens is 1. The minimum atomic E-state index is -4.64. The second kappa shape index (κ2) is 10.00. The summed E-state index contributed by atoms with van der Waals surface area (Å²) in [5, 5.41) is 2.60. The van der Waals surface area contributed by atoms with Gasteiger partial charge in [0.2, 0.25) is 5.91 Å². The van der Waals surface area contributed by atoms with Crippen molar-refractivity contribution in [3.05, 3.63) is 54.4 Å². The maximum Gasteiger partial charge on any atom is 0.407 e. The predicted molar refractivity (Wildman–Crippen MR) is 120 cm³/mol. The molecule has 1 aromatic carbocycles. The summed E-state index contributed by atoms with van der Waals surface area (Å²) in [6.07, 6.45) is -2.83. The van der Waals surface area contributed by atoms with Crippen molar-refractivity contribution in [1.29, 1.82) is 0 Å². The fourth-order valence-corrected chi connectivity index (χ4v) is 4.89. The predicted octanol–water partition coefficient (Wildman–Crippen LogP) is 4.69. The van der Waals surface area contributed by atoms with Gasteiger partial charge in [-0.1, -0.05) is 32.0 Å². The minimum absolute atomic E-state index is 0.00948. The van der Waals surface area contributed by atoms with Crippen LogP contribution < -0.4 is 5.32 Å². The molecule has 3 heterocycles. The summed E-state index contributed by atoms with van der Waals surface area (Å²) in [5.41, 5.74) is 1.37. The van der Waals surface area contributed by atoms with Crippen LogP contribution in [0.4, 0.5) is 17.6 Å². The number of hydrogen-bond donors (Lipinski definition) is 1. The lowest BCUT2D eigenvalue weighted by atomic mass is 9.96. The molecule has 1 N–H and O–H groups in total. The number of hydrogen-bond acceptors (Lipinski definition) is 4. The summed E-state index contributed by atoms with van der Waals surface area (Å²) in [4.78, 5) is 18.7. The first kappa shape index (κ1) is 24.6. The van der Waals surface area contributed by atoms with Gasteiger partial charge in [0, 0.05) is 19.0 Å². The largest absolute Gasteiger partial charge is 0.407 e. The van der Waals surface area contributed by atoms with E-state index in [1.807, 2.05) is 13.8 Å². The second-order valence-corrected chi connectivity index (χ2v) is 9.38. The third kappa shape index (κ3) is 5.25. The number of carbonyl (C=O) groups excluding carboxylic acids is 1. The van der Waals surface area contributed by atoms with Crippen LogP contribution in [0, 0.1) is 5.92 Å². The van der Waals surface area contributed by atoms with E-state index in [9.17, 15) is 22.4 Å². The van der Waals surface area contributed by atoms with Gasteiger partial charge in [0.1, 0.15) is 18.3 Å². The summed E-state index contributed by atoms with van der Waals surface area (Å²) in [6.45, 7) is 3.88. The van der Waals surface area contributed by atoms with E-state index in [0.717, 1.165) is 5.56 Å². The Morgan fingerprint density at radius 1 is 1.21 bits per heavy atom. The average Bonchev–Trinajstić information content (AvgIpc) is 3.40. The second-order valence-electron chi connectivity index (χ2n) is 9.38. The third-order valence-electron chi connectivity index (χ3n) is 6.45. The molecule has 0 aliphatic carbocycles. The van der Waals surface area contributed by atoms with Gasteiger partial charge < -0.3 is 9.64 Å². The summed E-state index contributed by atoms with van der Waals surface area (Å²) < 4.78 is 62.7. The van der Waals surface area contributed by atoms with E-state index >= 15 is 0 Å². The quantitative estimate of drug-likeness (QED) is 0.586. The van der Waals surface area contributed by atoms with Crippen LogP contribution in [0.5, 0.6) is 0 Å². The topological polar surface area (TPSA) is 54.5 Å². The Morgan fingerprint density at radius 2 is 1.94 bits per heavy atom. The smallest absolute Gasteiger partial charge is 0.373 e. The van der Waals surface area contributed by atoms with Crippen molar-refractivity contribution < 1.29 is 27.1 Å². The first-order valence-corrected chi connectivity index (χ1v) is 11.5. The van der Waals surface area contributed by atoms with Gasteiger partial charge in [0.05, 0.1) is 18.6 Å². The highest BCUT2D eigenvalue weighted by molar-refractivity contribution is 5.83. The number of ether oxygens (including phenoxy) is 1. The van der Waals surface area contributed by atoms with Gasteiger partial charge in [-0.2, -0.15) is 13.2 Å². The van der Waals surface area contributed by atoms with Gasteiger partial charge in [-0.25, -0.2) is 4.39 Å². The highest BCUT2D eigenvalue weighted by atomic mass is 19.4. The number of nitrogens with one attached hydrogen (secondary N) is 1. The Bertz CT molecular complexity index is 986. The molecular weight excluding hydrogens is 450 g/mol. The number of benzene rings is 1. The Balaban J connectivity index is 1.62. The number of pyridine rings is 1. The molecule has 1 amide bonds. The van der Waals surface area contributed by atoms with Gasteiger partial charge in [-0.05, 0) is 53.6 Å². The van der Waals surface area contributed by atoms with Crippen molar-refractivity contribution in [2.75, 3.05) is 13.2 Å². The van der Waals surface area contributed by atoms with Crippen LogP contribution in [0.2, 0.25) is 0 Å². The van der Waals surface area contributed by atoms with Crippen molar-refractivity contribution in [3.8, 4) is 11.1 Å². The first-order chi connectivity index (χ1) is 16.1. The molecule has 2 unspecified atom stereocenters. The van der Waals surface area contributed by atoms with Crippen LogP contribution in [0.25, 0.3) is 11.1 Å². The summed E-state index contributed by atoms with van der Waals surface area (Å²) in [7, 11) is 0. The van der Waals surface area contributed by atoms with Crippen molar-refractivity contribution >= 4 is 5.91 Å². The molecule has 2 aromatic rings. The zero-order valence-electron chi connectivity index (χ0n) is 19.1. The Morgan fingerprint density at radius 3 is 2.62 bits per heavy atom. The number of carbonyl (C=O) groups is 1. The average molecular weight is 480 g/mol. The lowest BCUT2D eigenvalue weighted by Gasteiger charge is -2.32. The zero-order valence-corrected chi connectivity index (χ0v) is 19.1. The molecule has 184 valence electrons. The van der Waals surface area contributed by atoms with E-state index in [1.165, 1.54) is 17.0 Å². The number of fused-ring (bicyclic) bond motifs is 1. The normalized spacial score (nSPS) is 24.3. The molecule has 1 aromatic heterocycles. The molecular formula is C25H29F4N3O2. The number of rotatable bonds is 7. The van der Waals surface area contributed by atoms with E-state index in [0.29, 0.717) is 18.6 Å². The van der Waals surface area contributed by atoms with Crippen molar-refractivity contribution in [2.24, 2.45) is 5.92 Å². The van der Waals surface area contributed by atoms with Crippen LogP contribution in [0.1, 0.15) is 38.3 Å². The molecule has 5 nitrogen and oxygen atoms in total. The standard InChI is InChI=1S/C25H29F4N3O2/c1-15(2)12-20(24(33)32-14-19(26)22-21(32)8-11-34-22)31-23(25(27,28)29)18-5-3-4-17(13-18)16-6-9-30-10-7-16/h3-7,9-10,13,15,19-23,31H,8,11-12,14H2,1-2H3/t19-,20?,21+,22+,23?/m0/s1. The van der Waals surface area contributed by atoms with Gasteiger partial charge in [0.25, 0.3) is 0 Å². The zero-order chi connectivity index (χ0) is 24.5. The SMILES string of the molecule is CC(C)CC(NC(c1cccc(-c2ccncc2)c1)C(F)(F)F)C(=O)N1C[C@H](F)[C@H]2OCC[C@H]21. The highest BCUT2D eigenvalue weighted by Crippen LogP contribution is 2.37. The fraction of sp³-hybridized carbons (Fsp3) is 0.520. The molecule has 9 heteroatoms. The number of halogens is 4. The Labute approximate surface area is 196 Å². The van der Waals surface area contributed by atoms with Crippen molar-refractivity contribution in [3.63, 3.8) is 0 Å². The fourth-order valence-electron chi connectivity index (χ4n) is 4.89. The number of amides is 1. The molecule has 0 saturated carbocycles. The van der Waals surface area contributed by atoms with Gasteiger partial charge in [-0.3, -0.25) is 15.1 Å². The van der Waals surface area contributed by atoms with Gasteiger partial charge >= 0.3 is 6.18 Å². The van der Waals surface area contributed by atoms with Crippen molar-refractivity contribution in [2.45, 2.75) is 63.3 Å².